The van der Waals surface area contributed by atoms with Crippen LogP contribution in [0.4, 0.5) is 4.39 Å². The third kappa shape index (κ3) is 4.30. The molecule has 0 spiro atoms. The van der Waals surface area contributed by atoms with Crippen LogP contribution in [-0.4, -0.2) is 27.8 Å². The summed E-state index contributed by atoms with van der Waals surface area (Å²) >= 11 is 0. The van der Waals surface area contributed by atoms with Gasteiger partial charge >= 0.3 is 0 Å². The number of benzene rings is 2. The topological polar surface area (TPSA) is 46.1 Å². The SMILES string of the molecule is CN(Cc1cnccn1)C(=O)CC(c1ccccc1)c1ccccc1F. The zero-order chi connectivity index (χ0) is 18.4. The smallest absolute Gasteiger partial charge is 0.223 e. The van der Waals surface area contributed by atoms with Gasteiger partial charge in [0.1, 0.15) is 5.82 Å². The van der Waals surface area contributed by atoms with E-state index in [1.54, 1.807) is 48.7 Å². The predicted octanol–water partition coefficient (Wildman–Crippen LogP) is 3.80. The quantitative estimate of drug-likeness (QED) is 0.680. The van der Waals surface area contributed by atoms with Crippen LogP contribution in [0.15, 0.2) is 73.2 Å². The van der Waals surface area contributed by atoms with Crippen molar-refractivity contribution in [1.82, 2.24) is 14.9 Å². The van der Waals surface area contributed by atoms with Crippen LogP contribution in [0.2, 0.25) is 0 Å². The molecule has 0 N–H and O–H groups in total. The molecular formula is C21H20FN3O. The summed E-state index contributed by atoms with van der Waals surface area (Å²) in [7, 11) is 1.72. The summed E-state index contributed by atoms with van der Waals surface area (Å²) in [5.41, 5.74) is 2.16. The zero-order valence-corrected chi connectivity index (χ0v) is 14.5. The second-order valence-electron chi connectivity index (χ2n) is 6.14. The molecule has 1 amide bonds. The van der Waals surface area contributed by atoms with E-state index in [9.17, 15) is 9.18 Å². The van der Waals surface area contributed by atoms with E-state index in [4.69, 9.17) is 0 Å². The largest absolute Gasteiger partial charge is 0.340 e. The maximum Gasteiger partial charge on any atom is 0.223 e. The fourth-order valence-corrected chi connectivity index (χ4v) is 2.92. The van der Waals surface area contributed by atoms with Crippen molar-refractivity contribution in [3.63, 3.8) is 0 Å². The standard InChI is InChI=1S/C21H20FN3O/c1-25(15-17-14-23-11-12-24-17)21(26)13-19(16-7-3-2-4-8-16)18-9-5-6-10-20(18)22/h2-12,14,19H,13,15H2,1H3. The van der Waals surface area contributed by atoms with Crippen molar-refractivity contribution < 1.29 is 9.18 Å². The van der Waals surface area contributed by atoms with Gasteiger partial charge in [-0.1, -0.05) is 48.5 Å². The molecule has 26 heavy (non-hydrogen) atoms. The summed E-state index contributed by atoms with van der Waals surface area (Å²) in [5, 5.41) is 0. The third-order valence-electron chi connectivity index (χ3n) is 4.30. The molecule has 1 atom stereocenters. The fourth-order valence-electron chi connectivity index (χ4n) is 2.92. The molecule has 0 saturated heterocycles. The van der Waals surface area contributed by atoms with Gasteiger partial charge in [-0.15, -0.1) is 0 Å². The molecule has 3 rings (SSSR count). The lowest BCUT2D eigenvalue weighted by molar-refractivity contribution is -0.130. The van der Waals surface area contributed by atoms with Crippen molar-refractivity contribution in [3.8, 4) is 0 Å². The summed E-state index contributed by atoms with van der Waals surface area (Å²) in [4.78, 5) is 22.6. The second-order valence-corrected chi connectivity index (χ2v) is 6.14. The van der Waals surface area contributed by atoms with E-state index in [0.717, 1.165) is 5.56 Å². The molecule has 0 aliphatic carbocycles. The first-order chi connectivity index (χ1) is 12.6. The van der Waals surface area contributed by atoms with Crippen LogP contribution in [0.1, 0.15) is 29.2 Å². The minimum Gasteiger partial charge on any atom is -0.340 e. The maximum atomic E-state index is 14.4. The average Bonchev–Trinajstić information content (AvgIpc) is 2.68. The van der Waals surface area contributed by atoms with Gasteiger partial charge < -0.3 is 4.90 Å². The van der Waals surface area contributed by atoms with Gasteiger partial charge in [-0.2, -0.15) is 0 Å². The first-order valence-corrected chi connectivity index (χ1v) is 8.43. The van der Waals surface area contributed by atoms with E-state index in [1.165, 1.54) is 6.07 Å². The Bertz CT molecular complexity index is 855. The van der Waals surface area contributed by atoms with Crippen molar-refractivity contribution in [2.45, 2.75) is 18.9 Å². The average molecular weight is 349 g/mol. The van der Waals surface area contributed by atoms with Crippen LogP contribution in [0.3, 0.4) is 0 Å². The fraction of sp³-hybridized carbons (Fsp3) is 0.190. The maximum absolute atomic E-state index is 14.4. The van der Waals surface area contributed by atoms with E-state index in [-0.39, 0.29) is 24.1 Å². The number of aromatic nitrogens is 2. The molecule has 4 nitrogen and oxygen atoms in total. The molecule has 3 aromatic rings. The molecule has 0 aliphatic heterocycles. The van der Waals surface area contributed by atoms with Crippen LogP contribution < -0.4 is 0 Å². The van der Waals surface area contributed by atoms with Gasteiger partial charge in [0.15, 0.2) is 0 Å². The van der Waals surface area contributed by atoms with Crippen LogP contribution in [0, 0.1) is 5.82 Å². The Morgan fingerprint density at radius 1 is 1.08 bits per heavy atom. The minimum atomic E-state index is -0.339. The van der Waals surface area contributed by atoms with Gasteiger partial charge in [0.05, 0.1) is 18.4 Å². The highest BCUT2D eigenvalue weighted by Crippen LogP contribution is 2.30. The van der Waals surface area contributed by atoms with Gasteiger partial charge in [-0.3, -0.25) is 14.8 Å². The molecule has 0 radical (unpaired) electrons. The van der Waals surface area contributed by atoms with Crippen molar-refractivity contribution >= 4 is 5.91 Å². The summed E-state index contributed by atoms with van der Waals surface area (Å²) < 4.78 is 14.4. The van der Waals surface area contributed by atoms with Gasteiger partial charge in [0.2, 0.25) is 5.91 Å². The Labute approximate surface area is 152 Å². The van der Waals surface area contributed by atoms with Crippen molar-refractivity contribution in [2.75, 3.05) is 7.05 Å². The molecule has 132 valence electrons. The van der Waals surface area contributed by atoms with Crippen LogP contribution in [0.25, 0.3) is 0 Å². The monoisotopic (exact) mass is 349 g/mol. The molecule has 1 heterocycles. The van der Waals surface area contributed by atoms with Crippen LogP contribution >= 0.6 is 0 Å². The van der Waals surface area contributed by atoms with Crippen LogP contribution in [0.5, 0.6) is 0 Å². The summed E-state index contributed by atoms with van der Waals surface area (Å²) in [6, 6.07) is 16.2. The Morgan fingerprint density at radius 3 is 2.50 bits per heavy atom. The number of nitrogens with zero attached hydrogens (tertiary/aromatic N) is 3. The van der Waals surface area contributed by atoms with E-state index >= 15 is 0 Å². The first-order valence-electron chi connectivity index (χ1n) is 8.43. The van der Waals surface area contributed by atoms with Crippen molar-refractivity contribution in [3.05, 3.63) is 95.8 Å². The molecule has 0 aliphatic rings. The third-order valence-corrected chi connectivity index (χ3v) is 4.30. The van der Waals surface area contributed by atoms with Gasteiger partial charge in [0, 0.05) is 31.8 Å². The van der Waals surface area contributed by atoms with Crippen molar-refractivity contribution in [1.29, 1.82) is 0 Å². The van der Waals surface area contributed by atoms with E-state index in [0.29, 0.717) is 17.8 Å². The van der Waals surface area contributed by atoms with Gasteiger partial charge in [-0.25, -0.2) is 4.39 Å². The highest BCUT2D eigenvalue weighted by Gasteiger charge is 2.23. The summed E-state index contributed by atoms with van der Waals surface area (Å²) in [6.07, 6.45) is 5.01. The zero-order valence-electron chi connectivity index (χ0n) is 14.5. The number of carbonyl (C=O) groups is 1. The molecule has 0 fully saturated rings. The van der Waals surface area contributed by atoms with Gasteiger partial charge in [0.25, 0.3) is 0 Å². The molecule has 2 aromatic carbocycles. The highest BCUT2D eigenvalue weighted by atomic mass is 19.1. The number of rotatable bonds is 6. The number of hydrogen-bond acceptors (Lipinski definition) is 3. The molecular weight excluding hydrogens is 329 g/mol. The Kier molecular flexibility index (Phi) is 5.69. The van der Waals surface area contributed by atoms with E-state index < -0.39 is 0 Å². The number of hydrogen-bond donors (Lipinski definition) is 0. The Balaban J connectivity index is 1.82. The molecule has 0 saturated carbocycles. The lowest BCUT2D eigenvalue weighted by atomic mass is 9.88. The number of halogens is 1. The van der Waals surface area contributed by atoms with Crippen molar-refractivity contribution in [2.24, 2.45) is 0 Å². The molecule has 1 aromatic heterocycles. The highest BCUT2D eigenvalue weighted by molar-refractivity contribution is 5.77. The van der Waals surface area contributed by atoms with Crippen LogP contribution in [-0.2, 0) is 11.3 Å². The lowest BCUT2D eigenvalue weighted by Gasteiger charge is -2.22. The minimum absolute atomic E-state index is 0.0761. The van der Waals surface area contributed by atoms with Gasteiger partial charge in [-0.05, 0) is 17.2 Å². The summed E-state index contributed by atoms with van der Waals surface area (Å²) in [6.45, 7) is 0.367. The Morgan fingerprint density at radius 2 is 1.81 bits per heavy atom. The second kappa shape index (κ2) is 8.34. The lowest BCUT2D eigenvalue weighted by Crippen LogP contribution is -2.28. The predicted molar refractivity (Wildman–Crippen MR) is 97.8 cm³/mol. The molecule has 1 unspecified atom stereocenters. The first kappa shape index (κ1) is 17.7. The number of amides is 1. The Hall–Kier alpha value is -3.08. The molecule has 0 bridgehead atoms. The number of carbonyl (C=O) groups excluding carboxylic acids is 1. The normalized spacial score (nSPS) is 11.8. The molecule has 5 heteroatoms. The van der Waals surface area contributed by atoms with E-state index in [2.05, 4.69) is 9.97 Å². The van der Waals surface area contributed by atoms with E-state index in [1.807, 2.05) is 30.3 Å². The summed E-state index contributed by atoms with van der Waals surface area (Å²) in [5.74, 6) is -0.715.